The zero-order valence-electron chi connectivity index (χ0n) is 13.8. The quantitative estimate of drug-likeness (QED) is 0.256. The molecule has 0 aromatic heterocycles. The predicted octanol–water partition coefficient (Wildman–Crippen LogP) is 4.79. The van der Waals surface area contributed by atoms with Crippen molar-refractivity contribution in [2.45, 2.75) is 31.4 Å². The first-order chi connectivity index (χ1) is 12.7. The summed E-state index contributed by atoms with van der Waals surface area (Å²) in [5.74, 6) is -5.06. The summed E-state index contributed by atoms with van der Waals surface area (Å²) < 4.78 is 81.2. The maximum absolute atomic E-state index is 13.9. The monoisotopic (exact) mass is 411 g/mol. The number of halogens is 4. The molecule has 0 atom stereocenters. The molecule has 3 aromatic rings. The van der Waals surface area contributed by atoms with Crippen LogP contribution in [0.15, 0.2) is 73.0 Å². The minimum absolute atomic E-state index is 0.0104. The molecule has 0 fully saturated rings. The minimum atomic E-state index is -4.34. The SMILES string of the molecule is Cc1ccc([S+]2c3cc(F)c(F)cc3S(=O)(=O)c3cc(F)c(F)cc32)cc1. The third-order valence-electron chi connectivity index (χ3n) is 4.25. The van der Waals surface area contributed by atoms with Gasteiger partial charge < -0.3 is 0 Å². The van der Waals surface area contributed by atoms with Gasteiger partial charge in [-0.15, -0.1) is 0 Å². The second-order valence-corrected chi connectivity index (χ2v) is 9.90. The first-order valence-corrected chi connectivity index (χ1v) is 10.4. The second-order valence-electron chi connectivity index (χ2n) is 6.05. The highest BCUT2D eigenvalue weighted by Crippen LogP contribution is 2.46. The van der Waals surface area contributed by atoms with Gasteiger partial charge in [0.25, 0.3) is 0 Å². The summed E-state index contributed by atoms with van der Waals surface area (Å²) in [6.45, 7) is 1.85. The van der Waals surface area contributed by atoms with E-state index in [0.29, 0.717) is 17.0 Å². The van der Waals surface area contributed by atoms with Crippen LogP contribution in [-0.2, 0) is 20.7 Å². The Morgan fingerprint density at radius 3 is 1.56 bits per heavy atom. The van der Waals surface area contributed by atoms with Crippen molar-refractivity contribution >= 4 is 20.7 Å². The molecule has 0 saturated heterocycles. The number of sulfone groups is 1. The molecule has 0 N–H and O–H groups in total. The number of hydrogen-bond acceptors (Lipinski definition) is 2. The molecular formula is C19H11F4O2S2+. The topological polar surface area (TPSA) is 34.1 Å². The van der Waals surface area contributed by atoms with Crippen LogP contribution >= 0.6 is 0 Å². The summed E-state index contributed by atoms with van der Waals surface area (Å²) >= 11 is 0. The summed E-state index contributed by atoms with van der Waals surface area (Å²) in [7, 11) is -5.58. The van der Waals surface area contributed by atoms with Crippen LogP contribution in [0, 0.1) is 30.2 Å². The van der Waals surface area contributed by atoms with Crippen LogP contribution in [0.25, 0.3) is 0 Å². The molecule has 27 heavy (non-hydrogen) atoms. The maximum atomic E-state index is 13.9. The molecule has 4 rings (SSSR count). The van der Waals surface area contributed by atoms with Gasteiger partial charge in [-0.2, -0.15) is 0 Å². The van der Waals surface area contributed by atoms with Gasteiger partial charge in [0.15, 0.2) is 38.0 Å². The van der Waals surface area contributed by atoms with E-state index in [2.05, 4.69) is 0 Å². The van der Waals surface area contributed by atoms with Crippen LogP contribution in [0.3, 0.4) is 0 Å². The fourth-order valence-electron chi connectivity index (χ4n) is 2.92. The van der Waals surface area contributed by atoms with Gasteiger partial charge in [0.1, 0.15) is 20.7 Å². The lowest BCUT2D eigenvalue weighted by Gasteiger charge is -2.20. The van der Waals surface area contributed by atoms with Crippen molar-refractivity contribution in [3.63, 3.8) is 0 Å². The van der Waals surface area contributed by atoms with Gasteiger partial charge in [0.2, 0.25) is 9.84 Å². The zero-order valence-corrected chi connectivity index (χ0v) is 15.4. The molecule has 2 nitrogen and oxygen atoms in total. The van der Waals surface area contributed by atoms with Gasteiger partial charge >= 0.3 is 0 Å². The summed E-state index contributed by atoms with van der Waals surface area (Å²) in [5, 5.41) is 0. The van der Waals surface area contributed by atoms with E-state index >= 15 is 0 Å². The Kier molecular flexibility index (Phi) is 4.08. The zero-order chi connectivity index (χ0) is 19.5. The third-order valence-corrected chi connectivity index (χ3v) is 8.64. The molecule has 1 aliphatic heterocycles. The van der Waals surface area contributed by atoms with Gasteiger partial charge in [0.05, 0.1) is 0 Å². The Balaban J connectivity index is 2.12. The summed E-state index contributed by atoms with van der Waals surface area (Å²) in [6.07, 6.45) is 0. The molecule has 0 amide bonds. The highest BCUT2D eigenvalue weighted by Gasteiger charge is 2.47. The van der Waals surface area contributed by atoms with Gasteiger partial charge in [-0.1, -0.05) is 17.7 Å². The molecule has 0 radical (unpaired) electrons. The van der Waals surface area contributed by atoms with E-state index in [9.17, 15) is 26.0 Å². The number of aryl methyl sites for hydroxylation is 1. The first kappa shape index (κ1) is 18.1. The minimum Gasteiger partial charge on any atom is -0.218 e. The summed E-state index contributed by atoms with van der Waals surface area (Å²) in [5.41, 5.74) is 0.933. The predicted molar refractivity (Wildman–Crippen MR) is 91.5 cm³/mol. The molecule has 0 saturated carbocycles. The van der Waals surface area contributed by atoms with E-state index in [4.69, 9.17) is 0 Å². The van der Waals surface area contributed by atoms with Crippen LogP contribution in [0.4, 0.5) is 17.6 Å². The van der Waals surface area contributed by atoms with E-state index in [1.54, 1.807) is 24.3 Å². The van der Waals surface area contributed by atoms with Gasteiger partial charge in [-0.05, 0) is 19.1 Å². The first-order valence-electron chi connectivity index (χ1n) is 7.74. The lowest BCUT2D eigenvalue weighted by molar-refractivity contribution is 0.495. The van der Waals surface area contributed by atoms with Crippen molar-refractivity contribution in [1.82, 2.24) is 0 Å². The highest BCUT2D eigenvalue weighted by atomic mass is 32.2. The maximum Gasteiger partial charge on any atom is 0.216 e. The summed E-state index contributed by atoms with van der Waals surface area (Å²) in [6, 6.07) is 9.76. The lowest BCUT2D eigenvalue weighted by atomic mass is 10.2. The van der Waals surface area contributed by atoms with Crippen molar-refractivity contribution < 1.29 is 26.0 Å². The van der Waals surface area contributed by atoms with Crippen molar-refractivity contribution in [2.75, 3.05) is 0 Å². The average Bonchev–Trinajstić information content (AvgIpc) is 2.61. The van der Waals surface area contributed by atoms with Crippen molar-refractivity contribution in [3.05, 3.63) is 77.4 Å². The van der Waals surface area contributed by atoms with Crippen molar-refractivity contribution in [3.8, 4) is 0 Å². The Morgan fingerprint density at radius 2 is 1.11 bits per heavy atom. The molecule has 0 aliphatic carbocycles. The van der Waals surface area contributed by atoms with Crippen LogP contribution in [0.2, 0.25) is 0 Å². The van der Waals surface area contributed by atoms with E-state index in [-0.39, 0.29) is 9.79 Å². The number of benzene rings is 3. The van der Waals surface area contributed by atoms with Crippen molar-refractivity contribution in [2.24, 2.45) is 0 Å². The number of rotatable bonds is 1. The third kappa shape index (κ3) is 2.74. The Morgan fingerprint density at radius 1 is 0.704 bits per heavy atom. The van der Waals surface area contributed by atoms with Crippen LogP contribution in [0.1, 0.15) is 5.56 Å². The average molecular weight is 411 g/mol. The Labute approximate surface area is 155 Å². The van der Waals surface area contributed by atoms with E-state index in [0.717, 1.165) is 17.7 Å². The molecule has 1 aliphatic rings. The molecule has 3 aromatic carbocycles. The van der Waals surface area contributed by atoms with Gasteiger partial charge in [0, 0.05) is 24.3 Å². The highest BCUT2D eigenvalue weighted by molar-refractivity contribution is 8.00. The largest absolute Gasteiger partial charge is 0.218 e. The van der Waals surface area contributed by atoms with Crippen LogP contribution in [0.5, 0.6) is 0 Å². The van der Waals surface area contributed by atoms with Gasteiger partial charge in [-0.25, -0.2) is 26.0 Å². The van der Waals surface area contributed by atoms with E-state index in [1.165, 1.54) is 0 Å². The van der Waals surface area contributed by atoms with E-state index < -0.39 is 53.8 Å². The fraction of sp³-hybridized carbons (Fsp3) is 0.0526. The molecule has 0 spiro atoms. The smallest absolute Gasteiger partial charge is 0.216 e. The number of hydrogen-bond donors (Lipinski definition) is 0. The standard InChI is InChI=1S/C19H11F4O2S2/c1-10-2-4-11(5-3-10)26-16-6-12(20)14(22)8-18(16)27(24,25)19-9-15(23)13(21)7-17(19)26/h2-9H,1H3/q+1. The molecule has 0 bridgehead atoms. The second kappa shape index (κ2) is 6.10. The lowest BCUT2D eigenvalue weighted by Crippen LogP contribution is -2.22. The fourth-order valence-corrected chi connectivity index (χ4v) is 7.60. The van der Waals surface area contributed by atoms with Crippen LogP contribution in [-0.4, -0.2) is 8.42 Å². The Bertz CT molecular complexity index is 1120. The van der Waals surface area contributed by atoms with E-state index in [1.807, 2.05) is 6.92 Å². The van der Waals surface area contributed by atoms with Crippen molar-refractivity contribution in [1.29, 1.82) is 0 Å². The Hall–Kier alpha value is -2.32. The molecule has 0 unspecified atom stereocenters. The summed E-state index contributed by atoms with van der Waals surface area (Å²) in [4.78, 5) is -0.282. The van der Waals surface area contributed by atoms with Gasteiger partial charge in [-0.3, -0.25) is 0 Å². The normalized spacial score (nSPS) is 15.3. The molecule has 1 heterocycles. The van der Waals surface area contributed by atoms with Crippen LogP contribution < -0.4 is 0 Å². The molecular weight excluding hydrogens is 400 g/mol. The molecule has 138 valence electrons. The molecule has 8 heteroatoms. The number of fused-ring (bicyclic) bond motifs is 2.